The summed E-state index contributed by atoms with van der Waals surface area (Å²) in [6.07, 6.45) is 0.855. The summed E-state index contributed by atoms with van der Waals surface area (Å²) in [5.74, 6) is 1.01. The molecule has 33 heavy (non-hydrogen) atoms. The zero-order valence-electron chi connectivity index (χ0n) is 23.6. The minimum atomic E-state index is -0.0406. The van der Waals surface area contributed by atoms with Gasteiger partial charge in [0.15, 0.2) is 0 Å². The van der Waals surface area contributed by atoms with Crippen molar-refractivity contribution in [3.05, 3.63) is 63.2 Å². The van der Waals surface area contributed by atoms with E-state index in [9.17, 15) is 5.11 Å². The van der Waals surface area contributed by atoms with Crippen LogP contribution in [0.2, 0.25) is 0 Å². The molecule has 0 atom stereocenters. The van der Waals surface area contributed by atoms with Gasteiger partial charge in [-0.25, -0.2) is 0 Å². The molecule has 2 rings (SSSR count). The Morgan fingerprint density at radius 3 is 1.12 bits per heavy atom. The Bertz CT molecular complexity index is 832. The van der Waals surface area contributed by atoms with Crippen LogP contribution in [-0.4, -0.2) is 12.2 Å². The zero-order chi connectivity index (χ0) is 25.6. The summed E-state index contributed by atoms with van der Waals surface area (Å²) < 4.78 is 5.96. The zero-order valence-corrected chi connectivity index (χ0v) is 23.6. The minimum Gasteiger partial charge on any atom is -0.496 e. The van der Waals surface area contributed by atoms with E-state index in [0.29, 0.717) is 0 Å². The molecule has 0 radical (unpaired) electrons. The fourth-order valence-corrected chi connectivity index (χ4v) is 4.70. The summed E-state index contributed by atoms with van der Waals surface area (Å²) in [6.45, 7) is 27.0. The molecule has 0 heterocycles. The third-order valence-electron chi connectivity index (χ3n) is 6.46. The predicted octanol–water partition coefficient (Wildman–Crippen LogP) is 7.97. The molecule has 2 aromatic carbocycles. The number of hydrogen-bond donors (Lipinski definition) is 1. The van der Waals surface area contributed by atoms with Gasteiger partial charge in [0.25, 0.3) is 0 Å². The molecule has 0 aliphatic rings. The highest BCUT2D eigenvalue weighted by Gasteiger charge is 2.29. The molecular formula is C31H48O2. The summed E-state index contributed by atoms with van der Waals surface area (Å²) in [4.78, 5) is 0. The van der Waals surface area contributed by atoms with Crippen molar-refractivity contribution in [2.45, 2.75) is 118 Å². The fourth-order valence-electron chi connectivity index (χ4n) is 4.70. The van der Waals surface area contributed by atoms with Crippen LogP contribution in [-0.2, 0) is 34.7 Å². The van der Waals surface area contributed by atoms with Crippen molar-refractivity contribution in [1.82, 2.24) is 0 Å². The molecule has 0 aliphatic carbocycles. The number of ether oxygens (including phenoxy) is 1. The Morgan fingerprint density at radius 2 is 0.879 bits per heavy atom. The average molecular weight is 453 g/mol. The van der Waals surface area contributed by atoms with Crippen LogP contribution in [0.15, 0.2) is 24.3 Å². The normalized spacial score (nSPS) is 13.4. The van der Waals surface area contributed by atoms with Crippen LogP contribution in [0.1, 0.15) is 122 Å². The van der Waals surface area contributed by atoms with Crippen LogP contribution >= 0.6 is 0 Å². The Labute approximate surface area is 203 Å². The van der Waals surface area contributed by atoms with E-state index in [1.165, 1.54) is 33.4 Å². The van der Waals surface area contributed by atoms with Crippen molar-refractivity contribution in [3.63, 3.8) is 0 Å². The highest BCUT2D eigenvalue weighted by molar-refractivity contribution is 5.53. The lowest BCUT2D eigenvalue weighted by molar-refractivity contribution is 0.275. The predicted molar refractivity (Wildman–Crippen MR) is 143 cm³/mol. The van der Waals surface area contributed by atoms with Crippen LogP contribution in [0.3, 0.4) is 0 Å². The van der Waals surface area contributed by atoms with Crippen molar-refractivity contribution in [1.29, 1.82) is 0 Å². The lowest BCUT2D eigenvalue weighted by Crippen LogP contribution is -2.22. The first-order chi connectivity index (χ1) is 14.8. The van der Waals surface area contributed by atoms with Crippen LogP contribution in [0, 0.1) is 0 Å². The first-order valence-electron chi connectivity index (χ1n) is 12.3. The van der Waals surface area contributed by atoms with E-state index < -0.39 is 0 Å². The van der Waals surface area contributed by atoms with Gasteiger partial charge in [0.2, 0.25) is 0 Å². The standard InChI is InChI=1S/C31H48O2/c1-28(2,3)23-15-20(16-24(22(23)19-32)29(4,5)6)14-21-17-25(30(7,8)9)27(33-13)26(18-21)31(10,11)12/h15-18,32H,14,19H2,1-13H3. The number of methoxy groups -OCH3 is 1. The molecule has 1 N–H and O–H groups in total. The maximum Gasteiger partial charge on any atom is 0.126 e. The largest absolute Gasteiger partial charge is 0.496 e. The van der Waals surface area contributed by atoms with Gasteiger partial charge in [-0.1, -0.05) is 107 Å². The fraction of sp³-hybridized carbons (Fsp3) is 0.613. The van der Waals surface area contributed by atoms with Crippen LogP contribution in [0.5, 0.6) is 5.75 Å². The van der Waals surface area contributed by atoms with Crippen molar-refractivity contribution < 1.29 is 9.84 Å². The second kappa shape index (κ2) is 9.10. The monoisotopic (exact) mass is 452 g/mol. The Balaban J connectivity index is 2.79. The molecule has 0 fully saturated rings. The summed E-state index contributed by atoms with van der Waals surface area (Å²) in [7, 11) is 1.79. The molecule has 2 heteroatoms. The van der Waals surface area contributed by atoms with E-state index >= 15 is 0 Å². The highest BCUT2D eigenvalue weighted by atomic mass is 16.5. The summed E-state index contributed by atoms with van der Waals surface area (Å²) in [5.41, 5.74) is 8.57. The minimum absolute atomic E-state index is 0.0186. The van der Waals surface area contributed by atoms with Gasteiger partial charge in [-0.05, 0) is 55.9 Å². The van der Waals surface area contributed by atoms with Gasteiger partial charge >= 0.3 is 0 Å². The second-order valence-corrected chi connectivity index (χ2v) is 13.7. The topological polar surface area (TPSA) is 29.5 Å². The smallest absolute Gasteiger partial charge is 0.126 e. The SMILES string of the molecule is COc1c(C(C)(C)C)cc(Cc2cc(C(C)(C)C)c(CO)c(C(C)(C)C)c2)cc1C(C)(C)C. The molecular weight excluding hydrogens is 404 g/mol. The number of benzene rings is 2. The lowest BCUT2D eigenvalue weighted by Gasteiger charge is -2.31. The van der Waals surface area contributed by atoms with Gasteiger partial charge in [-0.3, -0.25) is 0 Å². The first-order valence-corrected chi connectivity index (χ1v) is 12.3. The van der Waals surface area contributed by atoms with Gasteiger partial charge in [0, 0.05) is 11.1 Å². The molecule has 0 amide bonds. The van der Waals surface area contributed by atoms with Gasteiger partial charge in [0.05, 0.1) is 13.7 Å². The molecule has 0 saturated heterocycles. The first kappa shape index (κ1) is 27.4. The van der Waals surface area contributed by atoms with E-state index in [1.807, 2.05) is 0 Å². The highest BCUT2D eigenvalue weighted by Crippen LogP contribution is 2.41. The average Bonchev–Trinajstić information content (AvgIpc) is 2.63. The van der Waals surface area contributed by atoms with Gasteiger partial charge in [-0.15, -0.1) is 0 Å². The van der Waals surface area contributed by atoms with E-state index in [1.54, 1.807) is 7.11 Å². The molecule has 0 aliphatic heterocycles. The quantitative estimate of drug-likeness (QED) is 0.509. The van der Waals surface area contributed by atoms with Gasteiger partial charge in [-0.2, -0.15) is 0 Å². The van der Waals surface area contributed by atoms with E-state index in [4.69, 9.17) is 4.74 Å². The number of hydrogen-bond acceptors (Lipinski definition) is 2. The number of aliphatic hydroxyl groups is 1. The Hall–Kier alpha value is -1.80. The Morgan fingerprint density at radius 1 is 0.576 bits per heavy atom. The molecule has 0 spiro atoms. The van der Waals surface area contributed by atoms with Gasteiger partial charge < -0.3 is 9.84 Å². The van der Waals surface area contributed by atoms with Crippen molar-refractivity contribution >= 4 is 0 Å². The van der Waals surface area contributed by atoms with Crippen molar-refractivity contribution in [2.24, 2.45) is 0 Å². The number of aliphatic hydroxyl groups excluding tert-OH is 1. The van der Waals surface area contributed by atoms with Crippen LogP contribution < -0.4 is 4.74 Å². The Kier molecular flexibility index (Phi) is 7.57. The summed E-state index contributed by atoms with van der Waals surface area (Å²) >= 11 is 0. The number of rotatable bonds is 4. The molecule has 0 unspecified atom stereocenters. The lowest BCUT2D eigenvalue weighted by atomic mass is 9.74. The van der Waals surface area contributed by atoms with Crippen molar-refractivity contribution in [2.75, 3.05) is 7.11 Å². The molecule has 0 aromatic heterocycles. The van der Waals surface area contributed by atoms with Crippen molar-refractivity contribution in [3.8, 4) is 5.75 Å². The molecule has 0 bridgehead atoms. The second-order valence-electron chi connectivity index (χ2n) is 13.7. The van der Waals surface area contributed by atoms with Crippen LogP contribution in [0.25, 0.3) is 0 Å². The molecule has 184 valence electrons. The molecule has 2 aromatic rings. The third kappa shape index (κ3) is 6.21. The third-order valence-corrected chi connectivity index (χ3v) is 6.46. The maximum absolute atomic E-state index is 10.3. The summed E-state index contributed by atoms with van der Waals surface area (Å²) in [5, 5.41) is 10.3. The van der Waals surface area contributed by atoms with Crippen LogP contribution in [0.4, 0.5) is 0 Å². The van der Waals surface area contributed by atoms with E-state index in [2.05, 4.69) is 107 Å². The molecule has 0 saturated carbocycles. The van der Waals surface area contributed by atoms with E-state index in [-0.39, 0.29) is 28.3 Å². The molecule has 2 nitrogen and oxygen atoms in total. The van der Waals surface area contributed by atoms with E-state index in [0.717, 1.165) is 17.7 Å². The summed E-state index contributed by atoms with van der Waals surface area (Å²) in [6, 6.07) is 9.31. The van der Waals surface area contributed by atoms with Gasteiger partial charge in [0.1, 0.15) is 5.75 Å². The maximum atomic E-state index is 10.3.